The van der Waals surface area contributed by atoms with Gasteiger partial charge in [0, 0.05) is 50.0 Å². The van der Waals surface area contributed by atoms with Crippen LogP contribution in [0.15, 0.2) is 70.5 Å². The number of ether oxygens (including phenoxy) is 1. The molecule has 3 rings (SSSR count). The van der Waals surface area contributed by atoms with Gasteiger partial charge in [0.2, 0.25) is 5.88 Å². The molecule has 0 fully saturated rings. The predicted molar refractivity (Wildman–Crippen MR) is 121 cm³/mol. The van der Waals surface area contributed by atoms with E-state index >= 15 is 0 Å². The Bertz CT molecular complexity index is 1240. The van der Waals surface area contributed by atoms with Crippen LogP contribution in [0, 0.1) is 0 Å². The van der Waals surface area contributed by atoms with Crippen molar-refractivity contribution in [1.29, 1.82) is 0 Å². The summed E-state index contributed by atoms with van der Waals surface area (Å²) in [6.45, 7) is 0.993. The number of alkyl halides is 2. The lowest BCUT2D eigenvalue weighted by molar-refractivity contribution is 0.0172. The Kier molecular flexibility index (Phi) is 6.85. The summed E-state index contributed by atoms with van der Waals surface area (Å²) in [5.74, 6) is 0.598. The molecular weight excluding hydrogens is 458 g/mol. The van der Waals surface area contributed by atoms with Crippen LogP contribution in [-0.4, -0.2) is 28.1 Å². The summed E-state index contributed by atoms with van der Waals surface area (Å²) in [6, 6.07) is 15.0. The summed E-state index contributed by atoms with van der Waals surface area (Å²) in [7, 11) is -1.56. The van der Waals surface area contributed by atoms with Crippen LogP contribution in [0.4, 0.5) is 8.78 Å². The molecule has 0 saturated heterocycles. The topological polar surface area (TPSA) is 68.3 Å². The van der Waals surface area contributed by atoms with Crippen molar-refractivity contribution in [3.05, 3.63) is 82.5 Å². The highest BCUT2D eigenvalue weighted by molar-refractivity contribution is 8.00. The lowest BCUT2D eigenvalue weighted by Crippen LogP contribution is -2.23. The summed E-state index contributed by atoms with van der Waals surface area (Å²) >= 11 is 5.89. The molecule has 32 heavy (non-hydrogen) atoms. The maximum Gasteiger partial charge on any atom is 0.270 e. The molecule has 1 heterocycles. The third kappa shape index (κ3) is 5.44. The Labute approximate surface area is 190 Å². The Hall–Kier alpha value is -2.97. The van der Waals surface area contributed by atoms with Gasteiger partial charge in [-0.2, -0.15) is 0 Å². The highest BCUT2D eigenvalue weighted by Crippen LogP contribution is 2.30. The third-order valence-corrected chi connectivity index (χ3v) is 6.96. The van der Waals surface area contributed by atoms with Gasteiger partial charge in [0.05, 0.1) is 7.11 Å². The molecule has 1 atom stereocenters. The number of nitrogens with one attached hydrogen (secondary N) is 1. The van der Waals surface area contributed by atoms with E-state index in [1.54, 1.807) is 24.3 Å². The number of aromatic nitrogens is 1. The van der Waals surface area contributed by atoms with E-state index in [1.807, 2.05) is 0 Å². The van der Waals surface area contributed by atoms with Crippen LogP contribution in [0.25, 0.3) is 0 Å². The number of carbonyl (C=O) groups excluding carboxylic acids is 1. The molecule has 9 heteroatoms. The maximum atomic E-state index is 13.6. The van der Waals surface area contributed by atoms with E-state index < -0.39 is 15.4 Å². The zero-order valence-corrected chi connectivity index (χ0v) is 19.0. The van der Waals surface area contributed by atoms with Crippen molar-refractivity contribution in [3.8, 4) is 5.88 Å². The maximum absolute atomic E-state index is 13.6. The average molecular weight is 479 g/mol. The summed E-state index contributed by atoms with van der Waals surface area (Å²) < 4.78 is 45.6. The van der Waals surface area contributed by atoms with Crippen LogP contribution in [0.5, 0.6) is 5.88 Å². The second-order valence-corrected chi connectivity index (χ2v) is 9.82. The number of methoxy groups -OCH3 is 1. The Morgan fingerprint density at radius 3 is 2.47 bits per heavy atom. The molecule has 1 unspecified atom stereocenters. The van der Waals surface area contributed by atoms with Gasteiger partial charge in [-0.25, -0.2) is 13.8 Å². The fourth-order valence-electron chi connectivity index (χ4n) is 2.93. The summed E-state index contributed by atoms with van der Waals surface area (Å²) in [6.07, 6.45) is 0. The van der Waals surface area contributed by atoms with Crippen LogP contribution < -0.4 is 10.1 Å². The van der Waals surface area contributed by atoms with Crippen LogP contribution in [-0.2, 0) is 22.0 Å². The fourth-order valence-corrected chi connectivity index (χ4v) is 4.59. The Morgan fingerprint density at radius 2 is 1.84 bits per heavy atom. The van der Waals surface area contributed by atoms with Gasteiger partial charge in [-0.1, -0.05) is 35.9 Å². The van der Waals surface area contributed by atoms with Crippen LogP contribution >= 0.6 is 11.6 Å². The normalized spacial score (nSPS) is 13.3. The smallest absolute Gasteiger partial charge is 0.270 e. The number of pyridine rings is 1. The van der Waals surface area contributed by atoms with Gasteiger partial charge in [0.15, 0.2) is 0 Å². The number of benzene rings is 2. The second-order valence-electron chi connectivity index (χ2n) is 7.14. The Balaban J connectivity index is 1.74. The van der Waals surface area contributed by atoms with Crippen molar-refractivity contribution in [1.82, 2.24) is 10.3 Å². The summed E-state index contributed by atoms with van der Waals surface area (Å²) in [5, 5.41) is 2.89. The quantitative estimate of drug-likeness (QED) is 0.386. The number of carbonyl (C=O) groups is 1. The predicted octanol–water partition coefficient (Wildman–Crippen LogP) is 4.92. The van der Waals surface area contributed by atoms with Gasteiger partial charge >= 0.3 is 0 Å². The molecule has 0 aliphatic heterocycles. The molecule has 0 bridgehead atoms. The second kappa shape index (κ2) is 9.26. The highest BCUT2D eigenvalue weighted by Gasteiger charge is 2.25. The van der Waals surface area contributed by atoms with E-state index in [4.69, 9.17) is 16.3 Å². The van der Waals surface area contributed by atoms with Crippen molar-refractivity contribution >= 4 is 32.9 Å². The van der Waals surface area contributed by atoms with Crippen molar-refractivity contribution in [2.45, 2.75) is 29.2 Å². The van der Waals surface area contributed by atoms with Gasteiger partial charge < -0.3 is 10.1 Å². The van der Waals surface area contributed by atoms with Gasteiger partial charge in [-0.15, -0.1) is 0 Å². The number of halogens is 3. The standard InChI is InChI=1S/C23H21ClF2N2O3S/c1-23(25,26)17-5-4-6-19(13-17)32(3,30)18-9-7-15(8-10-18)14-27-22(29)16-11-20(24)28-21(12-16)31-2/h4-13H,3,14H2,1-2H3,(H,27,29). The molecule has 1 aromatic heterocycles. The van der Waals surface area contributed by atoms with Crippen LogP contribution in [0.3, 0.4) is 0 Å². The molecular formula is C23H21ClF2N2O3S. The fraction of sp³-hybridized carbons (Fsp3) is 0.174. The number of hydrogen-bond donors (Lipinski definition) is 1. The zero-order valence-electron chi connectivity index (χ0n) is 17.4. The SMILES string of the molecule is C=S(=O)(c1ccc(CNC(=O)c2cc(Cl)nc(OC)c2)cc1)c1cccc(C(C)(F)F)c1. The van der Waals surface area contributed by atoms with Crippen LogP contribution in [0.2, 0.25) is 5.15 Å². The van der Waals surface area contributed by atoms with E-state index in [2.05, 4.69) is 16.2 Å². The van der Waals surface area contributed by atoms with Crippen molar-refractivity contribution in [2.75, 3.05) is 7.11 Å². The average Bonchev–Trinajstić information content (AvgIpc) is 2.76. The number of hydrogen-bond acceptors (Lipinski definition) is 4. The molecule has 0 saturated carbocycles. The van der Waals surface area contributed by atoms with E-state index in [9.17, 15) is 17.8 Å². The molecule has 1 amide bonds. The monoisotopic (exact) mass is 478 g/mol. The minimum atomic E-state index is -3.04. The van der Waals surface area contributed by atoms with Crippen molar-refractivity contribution < 1.29 is 22.5 Å². The first-order valence-electron chi connectivity index (χ1n) is 9.45. The molecule has 3 aromatic rings. The van der Waals surface area contributed by atoms with Crippen LogP contribution in [0.1, 0.15) is 28.4 Å². The first-order valence-corrected chi connectivity index (χ1v) is 11.6. The summed E-state index contributed by atoms with van der Waals surface area (Å²) in [4.78, 5) is 16.9. The first kappa shape index (κ1) is 23.7. The first-order chi connectivity index (χ1) is 15.0. The largest absolute Gasteiger partial charge is 0.481 e. The van der Waals surface area contributed by atoms with Crippen molar-refractivity contribution in [3.63, 3.8) is 0 Å². The van der Waals surface area contributed by atoms with Gasteiger partial charge in [0.1, 0.15) is 5.15 Å². The lowest BCUT2D eigenvalue weighted by Gasteiger charge is -2.15. The summed E-state index contributed by atoms with van der Waals surface area (Å²) in [5.41, 5.74) is 0.823. The minimum absolute atomic E-state index is 0.133. The van der Waals surface area contributed by atoms with E-state index in [0.717, 1.165) is 12.5 Å². The van der Waals surface area contributed by atoms with Crippen molar-refractivity contribution in [2.24, 2.45) is 0 Å². The van der Waals surface area contributed by atoms with E-state index in [0.29, 0.717) is 10.5 Å². The molecule has 0 radical (unpaired) electrons. The molecule has 1 N–H and O–H groups in total. The molecule has 5 nitrogen and oxygen atoms in total. The zero-order chi connectivity index (χ0) is 23.5. The van der Waals surface area contributed by atoms with E-state index in [-0.39, 0.29) is 33.9 Å². The molecule has 0 aliphatic carbocycles. The molecule has 0 aliphatic rings. The van der Waals surface area contributed by atoms with Gasteiger partial charge in [-0.3, -0.25) is 9.00 Å². The molecule has 168 valence electrons. The number of amides is 1. The number of nitrogens with zero attached hydrogens (tertiary/aromatic N) is 1. The Morgan fingerprint density at radius 1 is 1.16 bits per heavy atom. The highest BCUT2D eigenvalue weighted by atomic mass is 35.5. The minimum Gasteiger partial charge on any atom is -0.481 e. The third-order valence-electron chi connectivity index (χ3n) is 4.72. The van der Waals surface area contributed by atoms with Gasteiger partial charge in [0.25, 0.3) is 11.8 Å². The molecule has 2 aromatic carbocycles. The number of rotatable bonds is 7. The molecule has 0 spiro atoms. The lowest BCUT2D eigenvalue weighted by atomic mass is 10.1. The van der Waals surface area contributed by atoms with Gasteiger partial charge in [-0.05, 0) is 41.8 Å². The van der Waals surface area contributed by atoms with E-state index in [1.165, 1.54) is 43.5 Å².